The summed E-state index contributed by atoms with van der Waals surface area (Å²) >= 11 is 5.90. The maximum Gasteiger partial charge on any atom is 0.258 e. The van der Waals surface area contributed by atoms with Gasteiger partial charge in [0.25, 0.3) is 5.56 Å². The van der Waals surface area contributed by atoms with Crippen molar-refractivity contribution >= 4 is 22.9 Å². The lowest BCUT2D eigenvalue weighted by Crippen LogP contribution is -2.21. The van der Waals surface area contributed by atoms with Gasteiger partial charge in [0.1, 0.15) is 5.65 Å². The molecular weight excluding hydrogens is 286 g/mol. The molecule has 0 amide bonds. The lowest BCUT2D eigenvalue weighted by atomic mass is 10.3. The van der Waals surface area contributed by atoms with Crippen LogP contribution in [0.25, 0.3) is 5.65 Å². The van der Waals surface area contributed by atoms with Gasteiger partial charge in [-0.1, -0.05) is 29.8 Å². The van der Waals surface area contributed by atoms with Gasteiger partial charge >= 0.3 is 0 Å². The molecule has 0 aliphatic carbocycles. The Balaban J connectivity index is 1.95. The summed E-state index contributed by atoms with van der Waals surface area (Å²) in [5.41, 5.74) is 2.28. The maximum atomic E-state index is 12.1. The Morgan fingerprint density at radius 1 is 1.19 bits per heavy atom. The van der Waals surface area contributed by atoms with E-state index < -0.39 is 0 Å². The molecule has 2 aromatic heterocycles. The molecule has 2 heterocycles. The molecule has 4 nitrogen and oxygen atoms in total. The normalized spacial score (nSPS) is 10.8. The van der Waals surface area contributed by atoms with E-state index in [-0.39, 0.29) is 5.56 Å². The van der Waals surface area contributed by atoms with Crippen molar-refractivity contribution in [2.75, 3.05) is 11.9 Å². The van der Waals surface area contributed by atoms with Crippen LogP contribution in [0, 0.1) is 0 Å². The third kappa shape index (κ3) is 2.90. The Bertz CT molecular complexity index is 830. The molecule has 0 aliphatic heterocycles. The van der Waals surface area contributed by atoms with Crippen molar-refractivity contribution in [2.45, 2.75) is 6.54 Å². The monoisotopic (exact) mass is 299 g/mol. The van der Waals surface area contributed by atoms with E-state index >= 15 is 0 Å². The second-order valence-corrected chi connectivity index (χ2v) is 5.29. The molecule has 0 radical (unpaired) electrons. The average molecular weight is 300 g/mol. The summed E-state index contributed by atoms with van der Waals surface area (Å²) < 4.78 is 1.45. The molecule has 0 saturated heterocycles. The summed E-state index contributed by atoms with van der Waals surface area (Å²) in [4.78, 5) is 18.7. The number of hydrogen-bond acceptors (Lipinski definition) is 3. The number of benzene rings is 1. The number of rotatable bonds is 3. The third-order valence-corrected chi connectivity index (χ3v) is 3.50. The Labute approximate surface area is 127 Å². The third-order valence-electron chi connectivity index (χ3n) is 3.27. The van der Waals surface area contributed by atoms with Crippen molar-refractivity contribution in [3.05, 3.63) is 75.8 Å². The lowest BCUT2D eigenvalue weighted by Gasteiger charge is -2.18. The zero-order chi connectivity index (χ0) is 14.8. The lowest BCUT2D eigenvalue weighted by molar-refractivity contribution is 0.870. The molecule has 0 aliphatic rings. The van der Waals surface area contributed by atoms with E-state index in [2.05, 4.69) is 4.98 Å². The number of hydrogen-bond donors (Lipinski definition) is 0. The molecule has 3 aromatic rings. The molecule has 0 unspecified atom stereocenters. The fourth-order valence-corrected chi connectivity index (χ4v) is 2.38. The van der Waals surface area contributed by atoms with Gasteiger partial charge in [0.05, 0.1) is 17.3 Å². The molecule has 0 atom stereocenters. The molecule has 5 heteroatoms. The van der Waals surface area contributed by atoms with Gasteiger partial charge in [-0.2, -0.15) is 0 Å². The standard InChI is InChI=1S/C16H14ClN3O/c1-19(14-5-3-2-4-6-14)11-13-9-16(21)20-10-12(17)7-8-15(20)18-13/h2-10H,11H2,1H3. The van der Waals surface area contributed by atoms with Crippen molar-refractivity contribution < 1.29 is 0 Å². The van der Waals surface area contributed by atoms with E-state index in [1.807, 2.05) is 42.3 Å². The van der Waals surface area contributed by atoms with Gasteiger partial charge in [0, 0.05) is 25.0 Å². The van der Waals surface area contributed by atoms with Gasteiger partial charge in [-0.15, -0.1) is 0 Å². The Morgan fingerprint density at radius 2 is 1.95 bits per heavy atom. The van der Waals surface area contributed by atoms with Crippen molar-refractivity contribution in [2.24, 2.45) is 0 Å². The maximum absolute atomic E-state index is 12.1. The van der Waals surface area contributed by atoms with Crippen molar-refractivity contribution in [3.63, 3.8) is 0 Å². The highest BCUT2D eigenvalue weighted by molar-refractivity contribution is 6.30. The summed E-state index contributed by atoms with van der Waals surface area (Å²) in [7, 11) is 1.97. The first-order chi connectivity index (χ1) is 10.1. The molecule has 106 valence electrons. The minimum absolute atomic E-state index is 0.126. The van der Waals surface area contributed by atoms with Crippen LogP contribution in [0.5, 0.6) is 0 Å². The number of halogens is 1. The van der Waals surface area contributed by atoms with Gasteiger partial charge in [-0.25, -0.2) is 4.98 Å². The predicted octanol–water partition coefficient (Wildman–Crippen LogP) is 2.98. The van der Waals surface area contributed by atoms with Crippen molar-refractivity contribution in [1.29, 1.82) is 0 Å². The molecule has 0 saturated carbocycles. The Hall–Kier alpha value is -2.33. The van der Waals surface area contributed by atoms with Crippen molar-refractivity contribution in [3.8, 4) is 0 Å². The van der Waals surface area contributed by atoms with Crippen LogP contribution in [-0.2, 0) is 6.54 Å². The summed E-state index contributed by atoms with van der Waals surface area (Å²) in [5.74, 6) is 0. The van der Waals surface area contributed by atoms with Gasteiger partial charge in [0.15, 0.2) is 0 Å². The molecule has 3 rings (SSSR count). The largest absolute Gasteiger partial charge is 0.369 e. The molecule has 21 heavy (non-hydrogen) atoms. The van der Waals surface area contributed by atoms with E-state index in [4.69, 9.17) is 11.6 Å². The average Bonchev–Trinajstić information content (AvgIpc) is 2.49. The predicted molar refractivity (Wildman–Crippen MR) is 85.0 cm³/mol. The summed E-state index contributed by atoms with van der Waals surface area (Å²) in [5, 5.41) is 0.514. The second-order valence-electron chi connectivity index (χ2n) is 4.85. The second kappa shape index (κ2) is 5.58. The van der Waals surface area contributed by atoms with Gasteiger partial charge in [-0.05, 0) is 24.3 Å². The van der Waals surface area contributed by atoms with Crippen LogP contribution in [0.2, 0.25) is 5.02 Å². The highest BCUT2D eigenvalue weighted by Crippen LogP contribution is 2.14. The van der Waals surface area contributed by atoms with Crippen LogP contribution in [-0.4, -0.2) is 16.4 Å². The van der Waals surface area contributed by atoms with Gasteiger partial charge < -0.3 is 4.90 Å². The van der Waals surface area contributed by atoms with Crippen LogP contribution in [0.15, 0.2) is 59.5 Å². The number of anilines is 1. The quantitative estimate of drug-likeness (QED) is 0.746. The Kier molecular flexibility index (Phi) is 3.62. The number of aromatic nitrogens is 2. The van der Waals surface area contributed by atoms with Crippen LogP contribution >= 0.6 is 11.6 Å². The number of fused-ring (bicyclic) bond motifs is 1. The zero-order valence-electron chi connectivity index (χ0n) is 11.5. The molecule has 0 fully saturated rings. The van der Waals surface area contributed by atoms with E-state index in [0.717, 1.165) is 11.4 Å². The number of pyridine rings is 1. The van der Waals surface area contributed by atoms with E-state index in [1.165, 1.54) is 4.40 Å². The van der Waals surface area contributed by atoms with Crippen LogP contribution in [0.4, 0.5) is 5.69 Å². The SMILES string of the molecule is CN(Cc1cc(=O)n2cc(Cl)ccc2n1)c1ccccc1. The fraction of sp³-hybridized carbons (Fsp3) is 0.125. The van der Waals surface area contributed by atoms with Crippen LogP contribution < -0.4 is 10.5 Å². The summed E-state index contributed by atoms with van der Waals surface area (Å²) in [6.07, 6.45) is 1.58. The first kappa shape index (κ1) is 13.6. The zero-order valence-corrected chi connectivity index (χ0v) is 12.3. The summed E-state index contributed by atoms with van der Waals surface area (Å²) in [6, 6.07) is 15.0. The van der Waals surface area contributed by atoms with Gasteiger partial charge in [-0.3, -0.25) is 9.20 Å². The summed E-state index contributed by atoms with van der Waals surface area (Å²) in [6.45, 7) is 0.568. The topological polar surface area (TPSA) is 37.6 Å². The fourth-order valence-electron chi connectivity index (χ4n) is 2.22. The molecule has 0 N–H and O–H groups in total. The van der Waals surface area contributed by atoms with Gasteiger partial charge in [0.2, 0.25) is 0 Å². The number of para-hydroxylation sites is 1. The number of nitrogens with zero attached hydrogens (tertiary/aromatic N) is 3. The van der Waals surface area contributed by atoms with E-state index in [9.17, 15) is 4.79 Å². The first-order valence-electron chi connectivity index (χ1n) is 6.57. The molecule has 0 spiro atoms. The minimum Gasteiger partial charge on any atom is -0.369 e. The van der Waals surface area contributed by atoms with Crippen LogP contribution in [0.3, 0.4) is 0 Å². The Morgan fingerprint density at radius 3 is 2.71 bits per heavy atom. The smallest absolute Gasteiger partial charge is 0.258 e. The highest BCUT2D eigenvalue weighted by atomic mass is 35.5. The minimum atomic E-state index is -0.126. The molecular formula is C16H14ClN3O. The molecule has 1 aromatic carbocycles. The first-order valence-corrected chi connectivity index (χ1v) is 6.95. The van der Waals surface area contributed by atoms with Crippen LogP contribution in [0.1, 0.15) is 5.69 Å². The van der Waals surface area contributed by atoms with E-state index in [1.54, 1.807) is 24.4 Å². The highest BCUT2D eigenvalue weighted by Gasteiger charge is 2.06. The van der Waals surface area contributed by atoms with Crippen molar-refractivity contribution in [1.82, 2.24) is 9.38 Å². The molecule has 0 bridgehead atoms. The van der Waals surface area contributed by atoms with E-state index in [0.29, 0.717) is 17.2 Å².